The van der Waals surface area contributed by atoms with Crippen molar-refractivity contribution in [2.45, 2.75) is 117 Å². The van der Waals surface area contributed by atoms with E-state index in [0.717, 1.165) is 32.4 Å². The Labute approximate surface area is 164 Å². The zero-order valence-electron chi connectivity index (χ0n) is 18.2. The first-order chi connectivity index (χ1) is 12.7. The number of carbonyl (C=O) groups is 1. The highest BCUT2D eigenvalue weighted by molar-refractivity contribution is 5.78. The number of amides is 1. The van der Waals surface area contributed by atoms with Crippen LogP contribution < -0.4 is 5.73 Å². The van der Waals surface area contributed by atoms with Crippen molar-refractivity contribution in [2.24, 2.45) is 11.7 Å². The molecule has 0 heterocycles. The second kappa shape index (κ2) is 19.2. The third-order valence-electron chi connectivity index (χ3n) is 5.59. The molecule has 156 valence electrons. The van der Waals surface area contributed by atoms with Gasteiger partial charge >= 0.3 is 0 Å². The topological polar surface area (TPSA) is 46.3 Å². The SMILES string of the molecule is CCCCCCCCCCCCCCC(CCCN)C(=O)N(CC)CC. The molecule has 3 nitrogen and oxygen atoms in total. The van der Waals surface area contributed by atoms with Crippen LogP contribution in [0.3, 0.4) is 0 Å². The van der Waals surface area contributed by atoms with E-state index in [9.17, 15) is 4.79 Å². The highest BCUT2D eigenvalue weighted by Gasteiger charge is 2.21. The minimum Gasteiger partial charge on any atom is -0.343 e. The average Bonchev–Trinajstić information content (AvgIpc) is 2.65. The van der Waals surface area contributed by atoms with Crippen molar-refractivity contribution >= 4 is 5.91 Å². The van der Waals surface area contributed by atoms with Gasteiger partial charge in [-0.15, -0.1) is 0 Å². The zero-order chi connectivity index (χ0) is 19.5. The number of carbonyl (C=O) groups excluding carboxylic acids is 1. The van der Waals surface area contributed by atoms with E-state index in [1.165, 1.54) is 77.0 Å². The number of hydrogen-bond donors (Lipinski definition) is 1. The zero-order valence-corrected chi connectivity index (χ0v) is 18.2. The highest BCUT2D eigenvalue weighted by Crippen LogP contribution is 2.20. The van der Waals surface area contributed by atoms with E-state index < -0.39 is 0 Å². The van der Waals surface area contributed by atoms with Crippen molar-refractivity contribution in [3.63, 3.8) is 0 Å². The Morgan fingerprint density at radius 2 is 1.12 bits per heavy atom. The summed E-state index contributed by atoms with van der Waals surface area (Å²) in [4.78, 5) is 14.6. The molecule has 1 amide bonds. The number of rotatable bonds is 19. The Bertz CT molecular complexity index is 303. The van der Waals surface area contributed by atoms with Crippen LogP contribution in [0.1, 0.15) is 117 Å². The summed E-state index contributed by atoms with van der Waals surface area (Å²) in [6.07, 6.45) is 19.4. The van der Waals surface area contributed by atoms with Crippen molar-refractivity contribution in [3.05, 3.63) is 0 Å². The van der Waals surface area contributed by atoms with Crippen LogP contribution in [-0.2, 0) is 4.79 Å². The summed E-state index contributed by atoms with van der Waals surface area (Å²) in [6.45, 7) is 8.77. The maximum Gasteiger partial charge on any atom is 0.225 e. The van der Waals surface area contributed by atoms with Gasteiger partial charge in [0.1, 0.15) is 0 Å². The van der Waals surface area contributed by atoms with Crippen molar-refractivity contribution in [2.75, 3.05) is 19.6 Å². The van der Waals surface area contributed by atoms with Gasteiger partial charge in [-0.2, -0.15) is 0 Å². The molecule has 0 aliphatic rings. The fourth-order valence-corrected chi connectivity index (χ4v) is 3.78. The van der Waals surface area contributed by atoms with E-state index in [2.05, 4.69) is 20.8 Å². The lowest BCUT2D eigenvalue weighted by atomic mass is 9.94. The summed E-state index contributed by atoms with van der Waals surface area (Å²) in [7, 11) is 0. The van der Waals surface area contributed by atoms with Gasteiger partial charge in [-0.3, -0.25) is 4.79 Å². The monoisotopic (exact) mass is 368 g/mol. The van der Waals surface area contributed by atoms with Crippen LogP contribution in [0.4, 0.5) is 0 Å². The van der Waals surface area contributed by atoms with E-state index in [-0.39, 0.29) is 5.92 Å². The molecular weight excluding hydrogens is 320 g/mol. The lowest BCUT2D eigenvalue weighted by Crippen LogP contribution is -2.36. The lowest BCUT2D eigenvalue weighted by molar-refractivity contribution is -0.135. The van der Waals surface area contributed by atoms with Gasteiger partial charge in [-0.25, -0.2) is 0 Å². The molecule has 0 aliphatic carbocycles. The Morgan fingerprint density at radius 1 is 0.692 bits per heavy atom. The molecule has 26 heavy (non-hydrogen) atoms. The normalized spacial score (nSPS) is 12.3. The minimum absolute atomic E-state index is 0.196. The van der Waals surface area contributed by atoms with Gasteiger partial charge in [0.05, 0.1) is 0 Å². The van der Waals surface area contributed by atoms with Crippen molar-refractivity contribution in [1.29, 1.82) is 0 Å². The van der Waals surface area contributed by atoms with Gasteiger partial charge in [0.15, 0.2) is 0 Å². The van der Waals surface area contributed by atoms with Gasteiger partial charge in [0.25, 0.3) is 0 Å². The Hall–Kier alpha value is -0.570. The standard InChI is InChI=1S/C23H48N2O/c1-4-7-8-9-10-11-12-13-14-15-16-17-19-22(20-18-21-24)23(26)25(5-2)6-3/h22H,4-21,24H2,1-3H3. The smallest absolute Gasteiger partial charge is 0.225 e. The Balaban J connectivity index is 3.74. The van der Waals surface area contributed by atoms with Gasteiger partial charge in [-0.05, 0) is 39.7 Å². The first-order valence-electron chi connectivity index (χ1n) is 11.7. The van der Waals surface area contributed by atoms with Crippen molar-refractivity contribution in [3.8, 4) is 0 Å². The Kier molecular flexibility index (Phi) is 18.8. The molecular formula is C23H48N2O. The van der Waals surface area contributed by atoms with Crippen LogP contribution in [0.2, 0.25) is 0 Å². The third-order valence-corrected chi connectivity index (χ3v) is 5.59. The predicted molar refractivity (Wildman–Crippen MR) is 115 cm³/mol. The van der Waals surface area contributed by atoms with Crippen LogP contribution in [0.5, 0.6) is 0 Å². The van der Waals surface area contributed by atoms with Crippen LogP contribution in [0.15, 0.2) is 0 Å². The summed E-state index contributed by atoms with van der Waals surface area (Å²) >= 11 is 0. The molecule has 1 atom stereocenters. The fraction of sp³-hybridized carbons (Fsp3) is 0.957. The molecule has 0 aromatic carbocycles. The summed E-state index contributed by atoms with van der Waals surface area (Å²) in [5.41, 5.74) is 5.66. The van der Waals surface area contributed by atoms with Gasteiger partial charge in [0, 0.05) is 19.0 Å². The molecule has 0 saturated heterocycles. The molecule has 0 saturated carbocycles. The van der Waals surface area contributed by atoms with Gasteiger partial charge < -0.3 is 10.6 Å². The molecule has 0 aliphatic heterocycles. The van der Waals surface area contributed by atoms with E-state index in [1.54, 1.807) is 0 Å². The quantitative estimate of drug-likeness (QED) is 0.272. The molecule has 2 N–H and O–H groups in total. The number of nitrogens with two attached hydrogens (primary N) is 1. The molecule has 0 aromatic heterocycles. The molecule has 0 rings (SSSR count). The van der Waals surface area contributed by atoms with Crippen molar-refractivity contribution in [1.82, 2.24) is 4.90 Å². The maximum atomic E-state index is 12.6. The predicted octanol–water partition coefficient (Wildman–Crippen LogP) is 6.30. The van der Waals surface area contributed by atoms with Crippen LogP contribution in [0.25, 0.3) is 0 Å². The average molecular weight is 369 g/mol. The highest BCUT2D eigenvalue weighted by atomic mass is 16.2. The van der Waals surface area contributed by atoms with E-state index in [4.69, 9.17) is 5.73 Å². The molecule has 0 radical (unpaired) electrons. The molecule has 0 bridgehead atoms. The third kappa shape index (κ3) is 13.6. The fourth-order valence-electron chi connectivity index (χ4n) is 3.78. The summed E-state index contributed by atoms with van der Waals surface area (Å²) in [6, 6.07) is 0. The van der Waals surface area contributed by atoms with Crippen LogP contribution >= 0.6 is 0 Å². The summed E-state index contributed by atoms with van der Waals surface area (Å²) in [5.74, 6) is 0.549. The lowest BCUT2D eigenvalue weighted by Gasteiger charge is -2.25. The largest absolute Gasteiger partial charge is 0.343 e. The van der Waals surface area contributed by atoms with Crippen LogP contribution in [0, 0.1) is 5.92 Å². The second-order valence-corrected chi connectivity index (χ2v) is 7.82. The first kappa shape index (κ1) is 25.4. The molecule has 1 unspecified atom stereocenters. The molecule has 0 aromatic rings. The van der Waals surface area contributed by atoms with E-state index in [0.29, 0.717) is 12.5 Å². The first-order valence-corrected chi connectivity index (χ1v) is 11.7. The molecule has 0 fully saturated rings. The second-order valence-electron chi connectivity index (χ2n) is 7.82. The number of unbranched alkanes of at least 4 members (excludes halogenated alkanes) is 11. The van der Waals surface area contributed by atoms with Gasteiger partial charge in [-0.1, -0.05) is 84.0 Å². The van der Waals surface area contributed by atoms with Gasteiger partial charge in [0.2, 0.25) is 5.91 Å². The maximum absolute atomic E-state index is 12.6. The Morgan fingerprint density at radius 3 is 1.54 bits per heavy atom. The van der Waals surface area contributed by atoms with Crippen molar-refractivity contribution < 1.29 is 4.79 Å². The number of nitrogens with zero attached hydrogens (tertiary/aromatic N) is 1. The van der Waals surface area contributed by atoms with E-state index >= 15 is 0 Å². The summed E-state index contributed by atoms with van der Waals surface area (Å²) in [5, 5.41) is 0. The summed E-state index contributed by atoms with van der Waals surface area (Å²) < 4.78 is 0. The van der Waals surface area contributed by atoms with Crippen LogP contribution in [-0.4, -0.2) is 30.4 Å². The van der Waals surface area contributed by atoms with E-state index in [1.807, 2.05) is 4.90 Å². The minimum atomic E-state index is 0.196. The molecule has 0 spiro atoms. The molecule has 3 heteroatoms. The number of hydrogen-bond acceptors (Lipinski definition) is 2.